The fourth-order valence-corrected chi connectivity index (χ4v) is 2.41. The van der Waals surface area contributed by atoms with Crippen molar-refractivity contribution >= 4 is 17.4 Å². The van der Waals surface area contributed by atoms with Gasteiger partial charge in [0.25, 0.3) is 5.91 Å². The largest absolute Gasteiger partial charge is 0.354 e. The number of aryl methyl sites for hydroxylation is 2. The van der Waals surface area contributed by atoms with E-state index in [0.717, 1.165) is 29.1 Å². The Labute approximate surface area is 136 Å². The molecule has 1 amide bonds. The van der Waals surface area contributed by atoms with Gasteiger partial charge in [0.05, 0.1) is 0 Å². The predicted octanol–water partition coefficient (Wildman–Crippen LogP) is 3.11. The molecule has 23 heavy (non-hydrogen) atoms. The van der Waals surface area contributed by atoms with Crippen LogP contribution in [0.25, 0.3) is 0 Å². The molecule has 0 bridgehead atoms. The number of pyridine rings is 1. The van der Waals surface area contributed by atoms with Crippen LogP contribution in [-0.2, 0) is 0 Å². The van der Waals surface area contributed by atoms with E-state index >= 15 is 0 Å². The Bertz CT molecular complexity index is 694. The summed E-state index contributed by atoms with van der Waals surface area (Å²) < 4.78 is 0. The maximum Gasteiger partial charge on any atom is 0.271 e. The van der Waals surface area contributed by atoms with Gasteiger partial charge in [0.1, 0.15) is 0 Å². The number of carbonyl (C=O) groups is 1. The molecular weight excluding hydrogens is 290 g/mol. The van der Waals surface area contributed by atoms with Crippen LogP contribution in [0.4, 0.5) is 11.5 Å². The molecule has 122 valence electrons. The topological polar surface area (TPSA) is 79.8 Å². The highest BCUT2D eigenvalue weighted by atomic mass is 16.1. The number of anilines is 2. The van der Waals surface area contributed by atoms with Crippen molar-refractivity contribution in [2.45, 2.75) is 40.0 Å². The standard InChI is InChI=1S/C17H23N5O/c1-6-10(2)14-9-15(21-22-16(14)17(23)18-5)20-13-7-11(3)19-12(4)8-13/h7-10H,6H2,1-5H3,(H,18,23)(H,19,20,21). The van der Waals surface area contributed by atoms with E-state index in [-0.39, 0.29) is 11.8 Å². The molecule has 0 aromatic carbocycles. The highest BCUT2D eigenvalue weighted by Crippen LogP contribution is 2.25. The summed E-state index contributed by atoms with van der Waals surface area (Å²) in [5.74, 6) is 0.632. The number of amides is 1. The number of nitrogens with one attached hydrogen (secondary N) is 2. The van der Waals surface area contributed by atoms with Gasteiger partial charge in [0.2, 0.25) is 0 Å². The van der Waals surface area contributed by atoms with Crippen molar-refractivity contribution in [3.63, 3.8) is 0 Å². The van der Waals surface area contributed by atoms with E-state index in [1.54, 1.807) is 7.05 Å². The van der Waals surface area contributed by atoms with Crippen molar-refractivity contribution in [2.75, 3.05) is 12.4 Å². The van der Waals surface area contributed by atoms with Crippen molar-refractivity contribution in [2.24, 2.45) is 0 Å². The second-order valence-corrected chi connectivity index (χ2v) is 5.69. The Balaban J connectivity index is 2.38. The van der Waals surface area contributed by atoms with Gasteiger partial charge in [-0.05, 0) is 49.9 Å². The van der Waals surface area contributed by atoms with Gasteiger partial charge in [-0.3, -0.25) is 9.78 Å². The summed E-state index contributed by atoms with van der Waals surface area (Å²) >= 11 is 0. The highest BCUT2D eigenvalue weighted by Gasteiger charge is 2.18. The van der Waals surface area contributed by atoms with Crippen LogP contribution in [0, 0.1) is 13.8 Å². The van der Waals surface area contributed by atoms with E-state index in [9.17, 15) is 4.79 Å². The zero-order valence-corrected chi connectivity index (χ0v) is 14.3. The summed E-state index contributed by atoms with van der Waals surface area (Å²) in [5.41, 5.74) is 4.06. The third-order valence-electron chi connectivity index (χ3n) is 3.76. The van der Waals surface area contributed by atoms with Gasteiger partial charge in [-0.1, -0.05) is 13.8 Å². The van der Waals surface area contributed by atoms with Crippen LogP contribution in [0.3, 0.4) is 0 Å². The van der Waals surface area contributed by atoms with E-state index in [1.807, 2.05) is 32.0 Å². The summed E-state index contributed by atoms with van der Waals surface area (Å²) in [5, 5.41) is 14.1. The molecule has 0 saturated carbocycles. The van der Waals surface area contributed by atoms with Gasteiger partial charge in [-0.25, -0.2) is 0 Å². The predicted molar refractivity (Wildman–Crippen MR) is 91.1 cm³/mol. The second-order valence-electron chi connectivity index (χ2n) is 5.69. The van der Waals surface area contributed by atoms with Gasteiger partial charge in [-0.2, -0.15) is 0 Å². The lowest BCUT2D eigenvalue weighted by atomic mass is 9.97. The van der Waals surface area contributed by atoms with Gasteiger partial charge in [-0.15, -0.1) is 10.2 Å². The molecule has 0 aliphatic carbocycles. The summed E-state index contributed by atoms with van der Waals surface area (Å²) in [6.07, 6.45) is 0.919. The summed E-state index contributed by atoms with van der Waals surface area (Å²) in [4.78, 5) is 16.3. The molecule has 0 saturated heterocycles. The fraction of sp³-hybridized carbons (Fsp3) is 0.412. The quantitative estimate of drug-likeness (QED) is 0.886. The minimum Gasteiger partial charge on any atom is -0.354 e. The maximum atomic E-state index is 12.0. The monoisotopic (exact) mass is 313 g/mol. The first kappa shape index (κ1) is 16.9. The Morgan fingerprint density at radius 2 is 1.83 bits per heavy atom. The van der Waals surface area contributed by atoms with Crippen LogP contribution in [0.1, 0.15) is 53.6 Å². The fourth-order valence-electron chi connectivity index (χ4n) is 2.41. The molecule has 2 heterocycles. The van der Waals surface area contributed by atoms with Gasteiger partial charge >= 0.3 is 0 Å². The van der Waals surface area contributed by atoms with Crippen LogP contribution >= 0.6 is 0 Å². The molecule has 2 aromatic rings. The van der Waals surface area contributed by atoms with Gasteiger partial charge in [0, 0.05) is 24.1 Å². The molecule has 0 aliphatic heterocycles. The summed E-state index contributed by atoms with van der Waals surface area (Å²) in [6, 6.07) is 5.80. The second kappa shape index (κ2) is 7.17. The average molecular weight is 313 g/mol. The van der Waals surface area contributed by atoms with Crippen molar-refractivity contribution in [3.8, 4) is 0 Å². The minimum atomic E-state index is -0.213. The first-order valence-electron chi connectivity index (χ1n) is 7.76. The lowest BCUT2D eigenvalue weighted by Gasteiger charge is -2.15. The van der Waals surface area contributed by atoms with Crippen LogP contribution in [0.15, 0.2) is 18.2 Å². The van der Waals surface area contributed by atoms with Crippen LogP contribution in [-0.4, -0.2) is 28.1 Å². The van der Waals surface area contributed by atoms with Crippen molar-refractivity contribution < 1.29 is 4.79 Å². The molecule has 2 rings (SSSR count). The normalized spacial score (nSPS) is 11.9. The zero-order chi connectivity index (χ0) is 17.0. The molecule has 0 spiro atoms. The molecule has 0 fully saturated rings. The number of nitrogens with zero attached hydrogens (tertiary/aromatic N) is 3. The molecule has 6 heteroatoms. The van der Waals surface area contributed by atoms with E-state index in [1.165, 1.54) is 0 Å². The molecule has 2 N–H and O–H groups in total. The zero-order valence-electron chi connectivity index (χ0n) is 14.3. The van der Waals surface area contributed by atoms with Crippen LogP contribution < -0.4 is 10.6 Å². The van der Waals surface area contributed by atoms with E-state index in [2.05, 4.69) is 39.7 Å². The number of aromatic nitrogens is 3. The van der Waals surface area contributed by atoms with Crippen molar-refractivity contribution in [1.82, 2.24) is 20.5 Å². The Hall–Kier alpha value is -2.50. The molecule has 0 aliphatic rings. The summed E-state index contributed by atoms with van der Waals surface area (Å²) in [6.45, 7) is 8.06. The number of hydrogen-bond acceptors (Lipinski definition) is 5. The SMILES string of the molecule is CCC(C)c1cc(Nc2cc(C)nc(C)c2)nnc1C(=O)NC. The van der Waals surface area contributed by atoms with E-state index in [0.29, 0.717) is 11.5 Å². The van der Waals surface area contributed by atoms with Crippen LogP contribution in [0.2, 0.25) is 0 Å². The lowest BCUT2D eigenvalue weighted by Crippen LogP contribution is -2.22. The minimum absolute atomic E-state index is 0.213. The highest BCUT2D eigenvalue weighted by molar-refractivity contribution is 5.93. The molecule has 6 nitrogen and oxygen atoms in total. The molecule has 1 unspecified atom stereocenters. The number of rotatable bonds is 5. The summed E-state index contributed by atoms with van der Waals surface area (Å²) in [7, 11) is 1.60. The smallest absolute Gasteiger partial charge is 0.271 e. The third kappa shape index (κ3) is 4.03. The first-order chi connectivity index (χ1) is 10.9. The lowest BCUT2D eigenvalue weighted by molar-refractivity contribution is 0.0955. The molecule has 1 atom stereocenters. The Morgan fingerprint density at radius 3 is 2.39 bits per heavy atom. The Morgan fingerprint density at radius 1 is 1.17 bits per heavy atom. The average Bonchev–Trinajstić information content (AvgIpc) is 2.52. The number of carbonyl (C=O) groups excluding carboxylic acids is 1. The molecular formula is C17H23N5O. The van der Waals surface area contributed by atoms with Crippen LogP contribution in [0.5, 0.6) is 0 Å². The van der Waals surface area contributed by atoms with Gasteiger partial charge < -0.3 is 10.6 Å². The molecule has 2 aromatic heterocycles. The maximum absolute atomic E-state index is 12.0. The number of hydrogen-bond donors (Lipinski definition) is 2. The Kier molecular flexibility index (Phi) is 5.26. The third-order valence-corrected chi connectivity index (χ3v) is 3.76. The first-order valence-corrected chi connectivity index (χ1v) is 7.76. The van der Waals surface area contributed by atoms with E-state index in [4.69, 9.17) is 0 Å². The van der Waals surface area contributed by atoms with Crippen molar-refractivity contribution in [3.05, 3.63) is 40.8 Å². The van der Waals surface area contributed by atoms with Crippen molar-refractivity contribution in [1.29, 1.82) is 0 Å². The van der Waals surface area contributed by atoms with Gasteiger partial charge in [0.15, 0.2) is 11.5 Å². The molecule has 0 radical (unpaired) electrons. The van der Waals surface area contributed by atoms with E-state index < -0.39 is 0 Å².